The van der Waals surface area contributed by atoms with Crippen LogP contribution >= 0.6 is 0 Å². The first kappa shape index (κ1) is 27.7. The zero-order chi connectivity index (χ0) is 27.7. The Hall–Kier alpha value is -3.34. The molecule has 10 nitrogen and oxygen atoms in total. The molecule has 0 aromatic carbocycles. The van der Waals surface area contributed by atoms with E-state index in [9.17, 15) is 35.9 Å². The number of anilines is 1. The summed E-state index contributed by atoms with van der Waals surface area (Å²) in [5.74, 6) is -0.543. The van der Waals surface area contributed by atoms with Crippen LogP contribution in [0.1, 0.15) is 17.5 Å². The van der Waals surface area contributed by atoms with Crippen LogP contribution in [0, 0.1) is 0 Å². The fourth-order valence-corrected chi connectivity index (χ4v) is 5.34. The van der Waals surface area contributed by atoms with Crippen LogP contribution in [0.4, 0.5) is 32.2 Å². The summed E-state index contributed by atoms with van der Waals surface area (Å²) in [5, 5.41) is 5.07. The minimum atomic E-state index is -4.91. The number of halogens is 6. The quantitative estimate of drug-likeness (QED) is 0.308. The standard InChI is InChI=1S/C21H23F6N5O5Si/c1-38(37-15-8-29-30-19(34)17(15)21(25,26)27)11-35-5-2-16(33)31-3-4-32-13(9-31)10-36-14-6-12(20(22,23)24)7-28-18(14)32/h6-8,13,38H,2-5,9-11H2,1H3,(H,30,34)/t13-,38-/m0/s1. The third kappa shape index (κ3) is 6.20. The van der Waals surface area contributed by atoms with Crippen LogP contribution < -0.4 is 19.6 Å². The first-order chi connectivity index (χ1) is 17.8. The van der Waals surface area contributed by atoms with Crippen molar-refractivity contribution in [1.82, 2.24) is 20.1 Å². The number of aromatic amines is 1. The number of hydrogen-bond donors (Lipinski definition) is 1. The molecule has 38 heavy (non-hydrogen) atoms. The SMILES string of the molecule is C[Si@@H](COCCC(=O)N1CCN2c3ncc(C(F)(F)F)cc3OC[C@@H]2C1)Oc1cn[nH]c(=O)c1C(F)(F)F. The predicted molar refractivity (Wildman–Crippen MR) is 121 cm³/mol. The maximum Gasteiger partial charge on any atom is 0.425 e. The van der Waals surface area contributed by atoms with Crippen LogP contribution in [0.5, 0.6) is 11.5 Å². The summed E-state index contributed by atoms with van der Waals surface area (Å²) >= 11 is 0. The molecule has 2 atom stereocenters. The molecule has 0 unspecified atom stereocenters. The molecule has 1 N–H and O–H groups in total. The first-order valence-corrected chi connectivity index (χ1v) is 13.9. The summed E-state index contributed by atoms with van der Waals surface area (Å²) in [7, 11) is -2.35. The van der Waals surface area contributed by atoms with Crippen molar-refractivity contribution in [2.45, 2.75) is 31.4 Å². The van der Waals surface area contributed by atoms with Crippen molar-refractivity contribution in [2.75, 3.05) is 44.0 Å². The number of aromatic nitrogens is 3. The van der Waals surface area contributed by atoms with Gasteiger partial charge in [-0.2, -0.15) is 31.4 Å². The van der Waals surface area contributed by atoms with Crippen LogP contribution in [-0.2, 0) is 21.9 Å². The molecule has 2 aliphatic heterocycles. The highest BCUT2D eigenvalue weighted by atomic mass is 28.3. The van der Waals surface area contributed by atoms with Gasteiger partial charge in [0.05, 0.1) is 37.1 Å². The van der Waals surface area contributed by atoms with Crippen LogP contribution in [0.25, 0.3) is 0 Å². The Labute approximate surface area is 213 Å². The number of pyridine rings is 1. The summed E-state index contributed by atoms with van der Waals surface area (Å²) in [4.78, 5) is 31.5. The number of carbonyl (C=O) groups is 1. The van der Waals surface area contributed by atoms with Crippen molar-refractivity contribution in [1.29, 1.82) is 0 Å². The molecule has 1 saturated heterocycles. The van der Waals surface area contributed by atoms with E-state index in [0.29, 0.717) is 18.9 Å². The molecule has 1 fully saturated rings. The summed E-state index contributed by atoms with van der Waals surface area (Å²) in [6.45, 7) is 2.64. The maximum atomic E-state index is 13.1. The minimum absolute atomic E-state index is 0.00523. The molecular formula is C21H23F6N5O5Si. The van der Waals surface area contributed by atoms with Crippen LogP contribution in [0.2, 0.25) is 6.55 Å². The van der Waals surface area contributed by atoms with E-state index in [0.717, 1.165) is 18.5 Å². The molecule has 2 aromatic rings. The third-order valence-corrected chi connectivity index (χ3v) is 7.31. The fourth-order valence-electron chi connectivity index (χ4n) is 4.16. The number of piperazine rings is 1. The van der Waals surface area contributed by atoms with Crippen LogP contribution in [-0.4, -0.2) is 80.1 Å². The van der Waals surface area contributed by atoms with Gasteiger partial charge in [0, 0.05) is 25.8 Å². The van der Waals surface area contributed by atoms with Crippen LogP contribution in [0.15, 0.2) is 23.3 Å². The second-order valence-corrected chi connectivity index (χ2v) is 10.9. The minimum Gasteiger partial charge on any atom is -0.543 e. The number of ether oxygens (including phenoxy) is 2. The van der Waals surface area contributed by atoms with Gasteiger partial charge in [-0.05, 0) is 12.6 Å². The Morgan fingerprint density at radius 1 is 1.21 bits per heavy atom. The average molecular weight is 568 g/mol. The Morgan fingerprint density at radius 3 is 2.68 bits per heavy atom. The van der Waals surface area contributed by atoms with Gasteiger partial charge in [0.25, 0.3) is 14.6 Å². The van der Waals surface area contributed by atoms with Crippen molar-refractivity contribution in [3.63, 3.8) is 0 Å². The summed E-state index contributed by atoms with van der Waals surface area (Å²) in [6, 6.07) is 0.634. The highest BCUT2D eigenvalue weighted by Gasteiger charge is 2.39. The predicted octanol–water partition coefficient (Wildman–Crippen LogP) is 1.99. The van der Waals surface area contributed by atoms with E-state index in [1.165, 1.54) is 0 Å². The molecular weight excluding hydrogens is 544 g/mol. The number of carbonyl (C=O) groups excluding carboxylic acids is 1. The number of hydrogen-bond acceptors (Lipinski definition) is 8. The second-order valence-electron chi connectivity index (χ2n) is 8.73. The van der Waals surface area contributed by atoms with Gasteiger partial charge in [0.1, 0.15) is 12.4 Å². The largest absolute Gasteiger partial charge is 0.543 e. The van der Waals surface area contributed by atoms with Crippen molar-refractivity contribution < 1.29 is 45.0 Å². The molecule has 0 radical (unpaired) electrons. The summed E-state index contributed by atoms with van der Waals surface area (Å²) in [6.07, 6.45) is -7.90. The lowest BCUT2D eigenvalue weighted by atomic mass is 10.1. The molecule has 2 aliphatic rings. The molecule has 0 aliphatic carbocycles. The Kier molecular flexibility index (Phi) is 7.87. The zero-order valence-electron chi connectivity index (χ0n) is 19.9. The molecule has 4 rings (SSSR count). The van der Waals surface area contributed by atoms with Crippen molar-refractivity contribution in [2.24, 2.45) is 0 Å². The number of rotatable bonds is 7. The van der Waals surface area contributed by atoms with Gasteiger partial charge in [-0.25, -0.2) is 10.1 Å². The molecule has 1 amide bonds. The molecule has 0 spiro atoms. The lowest BCUT2D eigenvalue weighted by molar-refractivity contribution is -0.140. The van der Waals surface area contributed by atoms with Gasteiger partial charge < -0.3 is 23.7 Å². The van der Waals surface area contributed by atoms with E-state index < -0.39 is 43.8 Å². The monoisotopic (exact) mass is 567 g/mol. The number of amides is 1. The smallest absolute Gasteiger partial charge is 0.425 e. The highest BCUT2D eigenvalue weighted by Crippen LogP contribution is 2.38. The van der Waals surface area contributed by atoms with Gasteiger partial charge in [0.15, 0.2) is 17.1 Å². The molecule has 17 heteroatoms. The number of nitrogens with zero attached hydrogens (tertiary/aromatic N) is 4. The Morgan fingerprint density at radius 2 is 1.97 bits per heavy atom. The van der Waals surface area contributed by atoms with Gasteiger partial charge in [-0.1, -0.05) is 0 Å². The van der Waals surface area contributed by atoms with E-state index in [-0.39, 0.29) is 50.1 Å². The lowest BCUT2D eigenvalue weighted by Crippen LogP contribution is -2.58. The van der Waals surface area contributed by atoms with Crippen molar-refractivity contribution in [3.05, 3.63) is 39.9 Å². The average Bonchev–Trinajstić information content (AvgIpc) is 2.84. The molecule has 2 aromatic heterocycles. The number of H-pyrrole nitrogens is 1. The van der Waals surface area contributed by atoms with E-state index in [2.05, 4.69) is 10.1 Å². The molecule has 208 valence electrons. The van der Waals surface area contributed by atoms with E-state index in [1.54, 1.807) is 16.5 Å². The Balaban J connectivity index is 1.24. The third-order valence-electron chi connectivity index (χ3n) is 5.94. The van der Waals surface area contributed by atoms with Gasteiger partial charge in [-0.15, -0.1) is 0 Å². The molecule has 0 bridgehead atoms. The fraction of sp³-hybridized carbons (Fsp3) is 0.524. The number of fused-ring (bicyclic) bond motifs is 3. The number of alkyl halides is 6. The first-order valence-electron chi connectivity index (χ1n) is 11.5. The normalized spacial score (nSPS) is 18.3. The maximum absolute atomic E-state index is 13.1. The summed E-state index contributed by atoms with van der Waals surface area (Å²) < 4.78 is 94.5. The lowest BCUT2D eigenvalue weighted by Gasteiger charge is -2.44. The van der Waals surface area contributed by atoms with Gasteiger partial charge in [-0.3, -0.25) is 9.59 Å². The second kappa shape index (κ2) is 10.8. The topological polar surface area (TPSA) is 110 Å². The zero-order valence-corrected chi connectivity index (χ0v) is 21.1. The molecule has 4 heterocycles. The van der Waals surface area contributed by atoms with E-state index in [1.807, 2.05) is 4.90 Å². The number of nitrogens with one attached hydrogen (secondary N) is 1. The van der Waals surface area contributed by atoms with Gasteiger partial charge in [0.2, 0.25) is 5.91 Å². The van der Waals surface area contributed by atoms with E-state index >= 15 is 0 Å². The van der Waals surface area contributed by atoms with Crippen LogP contribution in [0.3, 0.4) is 0 Å². The Bertz CT molecular complexity index is 1230. The van der Waals surface area contributed by atoms with Crippen molar-refractivity contribution >= 4 is 20.8 Å². The molecule has 0 saturated carbocycles. The van der Waals surface area contributed by atoms with Crippen molar-refractivity contribution in [3.8, 4) is 11.5 Å². The van der Waals surface area contributed by atoms with E-state index in [4.69, 9.17) is 13.9 Å². The summed E-state index contributed by atoms with van der Waals surface area (Å²) in [5.41, 5.74) is -3.77. The van der Waals surface area contributed by atoms with Gasteiger partial charge >= 0.3 is 12.4 Å². The highest BCUT2D eigenvalue weighted by molar-refractivity contribution is 6.50.